The van der Waals surface area contributed by atoms with Crippen LogP contribution in [-0.2, 0) is 11.3 Å². The number of furan rings is 1. The molecule has 2 aromatic carbocycles. The van der Waals surface area contributed by atoms with E-state index in [-0.39, 0.29) is 30.4 Å². The lowest BCUT2D eigenvalue weighted by atomic mass is 10.2. The van der Waals surface area contributed by atoms with E-state index in [0.29, 0.717) is 23.9 Å². The van der Waals surface area contributed by atoms with Gasteiger partial charge in [-0.25, -0.2) is 4.39 Å². The van der Waals surface area contributed by atoms with Crippen LogP contribution in [0.15, 0.2) is 59.0 Å². The highest BCUT2D eigenvalue weighted by molar-refractivity contribution is 6.02. The van der Waals surface area contributed by atoms with Crippen molar-refractivity contribution in [2.24, 2.45) is 0 Å². The Morgan fingerprint density at radius 3 is 2.50 bits per heavy atom. The molecule has 158 valence electrons. The molecule has 1 aromatic heterocycles. The maximum absolute atomic E-state index is 14.1. The molecule has 7 nitrogen and oxygen atoms in total. The lowest BCUT2D eigenvalue weighted by Gasteiger charge is -2.09. The first-order chi connectivity index (χ1) is 14.6. The highest BCUT2D eigenvalue weighted by atomic mass is 19.1. The second kappa shape index (κ2) is 10.3. The number of rotatable bonds is 10. The summed E-state index contributed by atoms with van der Waals surface area (Å²) in [5.41, 5.74) is 0.278. The van der Waals surface area contributed by atoms with Crippen molar-refractivity contribution in [2.45, 2.75) is 6.61 Å². The first-order valence-corrected chi connectivity index (χ1v) is 9.18. The summed E-state index contributed by atoms with van der Waals surface area (Å²) in [6.07, 6.45) is 0. The number of hydrogen-bond acceptors (Lipinski definition) is 6. The number of hydrogen-bond donors (Lipinski definition) is 1. The maximum atomic E-state index is 14.1. The van der Waals surface area contributed by atoms with Gasteiger partial charge in [0.1, 0.15) is 19.0 Å². The smallest absolute Gasteiger partial charge is 0.291 e. The molecule has 8 heteroatoms. The lowest BCUT2D eigenvalue weighted by molar-refractivity contribution is 0.0992. The SMILES string of the molecule is COCCOc1ccc(NC(=O)c2ccc(COc3ccccc3OC)o2)cc1F. The van der Waals surface area contributed by atoms with E-state index in [0.717, 1.165) is 0 Å². The molecule has 0 bridgehead atoms. The van der Waals surface area contributed by atoms with Crippen LogP contribution in [0.5, 0.6) is 17.2 Å². The first-order valence-electron chi connectivity index (χ1n) is 9.18. The van der Waals surface area contributed by atoms with Gasteiger partial charge < -0.3 is 28.7 Å². The summed E-state index contributed by atoms with van der Waals surface area (Å²) in [5.74, 6) is 0.678. The Labute approximate surface area is 173 Å². The van der Waals surface area contributed by atoms with Gasteiger partial charge >= 0.3 is 0 Å². The lowest BCUT2D eigenvalue weighted by Crippen LogP contribution is -2.11. The standard InChI is InChI=1S/C22H22FNO6/c1-26-11-12-28-18-9-7-15(13-17(18)23)24-22(25)21-10-8-16(30-21)14-29-20-6-4-3-5-19(20)27-2/h3-10,13H,11-12,14H2,1-2H3,(H,24,25). The summed E-state index contributed by atoms with van der Waals surface area (Å²) in [6, 6.07) is 14.5. The van der Waals surface area contributed by atoms with Crippen LogP contribution >= 0.6 is 0 Å². The summed E-state index contributed by atoms with van der Waals surface area (Å²) >= 11 is 0. The summed E-state index contributed by atoms with van der Waals surface area (Å²) in [7, 11) is 3.09. The van der Waals surface area contributed by atoms with Crippen molar-refractivity contribution in [2.75, 3.05) is 32.8 Å². The largest absolute Gasteiger partial charge is 0.493 e. The van der Waals surface area contributed by atoms with E-state index in [4.69, 9.17) is 23.4 Å². The first kappa shape index (κ1) is 21.2. The second-order valence-electron chi connectivity index (χ2n) is 6.15. The van der Waals surface area contributed by atoms with Crippen LogP contribution in [0.1, 0.15) is 16.3 Å². The third-order valence-corrected chi connectivity index (χ3v) is 4.06. The molecule has 0 aliphatic heterocycles. The molecular weight excluding hydrogens is 393 g/mol. The number of halogens is 1. The minimum absolute atomic E-state index is 0.0782. The maximum Gasteiger partial charge on any atom is 0.291 e. The average Bonchev–Trinajstić information content (AvgIpc) is 3.23. The zero-order chi connectivity index (χ0) is 21.3. The Morgan fingerprint density at radius 1 is 0.967 bits per heavy atom. The number of ether oxygens (including phenoxy) is 4. The number of benzene rings is 2. The summed E-state index contributed by atoms with van der Waals surface area (Å²) in [4.78, 5) is 12.4. The van der Waals surface area contributed by atoms with Crippen LogP contribution in [-0.4, -0.2) is 33.3 Å². The number of amides is 1. The molecule has 1 amide bonds. The van der Waals surface area contributed by atoms with E-state index in [2.05, 4.69) is 5.32 Å². The van der Waals surface area contributed by atoms with Gasteiger partial charge in [-0.3, -0.25) is 4.79 Å². The van der Waals surface area contributed by atoms with E-state index in [1.165, 1.54) is 31.4 Å². The zero-order valence-corrected chi connectivity index (χ0v) is 16.6. The fourth-order valence-corrected chi connectivity index (χ4v) is 2.59. The zero-order valence-electron chi connectivity index (χ0n) is 16.6. The number of para-hydroxylation sites is 2. The van der Waals surface area contributed by atoms with Gasteiger partial charge in [-0.05, 0) is 36.4 Å². The molecule has 0 aliphatic rings. The van der Waals surface area contributed by atoms with Crippen LogP contribution in [0.4, 0.5) is 10.1 Å². The predicted octanol–water partition coefficient (Wildman–Crippen LogP) is 4.28. The monoisotopic (exact) mass is 415 g/mol. The number of carbonyl (C=O) groups is 1. The molecule has 3 aromatic rings. The van der Waals surface area contributed by atoms with Crippen molar-refractivity contribution in [3.8, 4) is 17.2 Å². The fraction of sp³-hybridized carbons (Fsp3) is 0.227. The van der Waals surface area contributed by atoms with Crippen LogP contribution in [0.2, 0.25) is 0 Å². The van der Waals surface area contributed by atoms with E-state index in [1.807, 2.05) is 12.1 Å². The quantitative estimate of drug-likeness (QED) is 0.498. The number of anilines is 1. The third kappa shape index (κ3) is 5.51. The molecule has 0 unspecified atom stereocenters. The van der Waals surface area contributed by atoms with Crippen molar-refractivity contribution in [3.63, 3.8) is 0 Å². The highest BCUT2D eigenvalue weighted by Gasteiger charge is 2.14. The van der Waals surface area contributed by atoms with Crippen LogP contribution in [0, 0.1) is 5.82 Å². The van der Waals surface area contributed by atoms with E-state index in [1.54, 1.807) is 25.3 Å². The molecule has 0 spiro atoms. The molecule has 0 atom stereocenters. The summed E-state index contributed by atoms with van der Waals surface area (Å²) < 4.78 is 40.6. The van der Waals surface area contributed by atoms with E-state index >= 15 is 0 Å². The number of carbonyl (C=O) groups excluding carboxylic acids is 1. The minimum atomic E-state index is -0.589. The Bertz CT molecular complexity index is 987. The third-order valence-electron chi connectivity index (χ3n) is 4.06. The van der Waals surface area contributed by atoms with Gasteiger partial charge in [0.2, 0.25) is 0 Å². The molecule has 0 radical (unpaired) electrons. The van der Waals surface area contributed by atoms with Crippen molar-refractivity contribution < 1.29 is 32.5 Å². The Balaban J connectivity index is 1.57. The Morgan fingerprint density at radius 2 is 1.77 bits per heavy atom. The molecule has 0 saturated carbocycles. The molecule has 1 heterocycles. The number of methoxy groups -OCH3 is 2. The Kier molecular flexibility index (Phi) is 7.29. The topological polar surface area (TPSA) is 79.2 Å². The summed E-state index contributed by atoms with van der Waals surface area (Å²) in [6.45, 7) is 0.695. The molecule has 0 aliphatic carbocycles. The highest BCUT2D eigenvalue weighted by Crippen LogP contribution is 2.27. The van der Waals surface area contributed by atoms with Crippen LogP contribution in [0.3, 0.4) is 0 Å². The van der Waals surface area contributed by atoms with Crippen molar-refractivity contribution in [3.05, 3.63) is 71.9 Å². The Hall–Kier alpha value is -3.52. The molecule has 0 fully saturated rings. The van der Waals surface area contributed by atoms with Crippen molar-refractivity contribution in [1.82, 2.24) is 0 Å². The second-order valence-corrected chi connectivity index (χ2v) is 6.15. The van der Waals surface area contributed by atoms with Gasteiger partial charge in [-0.2, -0.15) is 0 Å². The van der Waals surface area contributed by atoms with E-state index in [9.17, 15) is 9.18 Å². The molecule has 30 heavy (non-hydrogen) atoms. The molecule has 0 saturated heterocycles. The van der Waals surface area contributed by atoms with Gasteiger partial charge in [0.05, 0.1) is 13.7 Å². The van der Waals surface area contributed by atoms with Gasteiger partial charge in [0, 0.05) is 18.9 Å². The van der Waals surface area contributed by atoms with Crippen LogP contribution < -0.4 is 19.5 Å². The van der Waals surface area contributed by atoms with E-state index < -0.39 is 11.7 Å². The molecule has 1 N–H and O–H groups in total. The minimum Gasteiger partial charge on any atom is -0.493 e. The number of nitrogens with one attached hydrogen (secondary N) is 1. The van der Waals surface area contributed by atoms with Crippen molar-refractivity contribution in [1.29, 1.82) is 0 Å². The van der Waals surface area contributed by atoms with Crippen LogP contribution in [0.25, 0.3) is 0 Å². The fourth-order valence-electron chi connectivity index (χ4n) is 2.59. The van der Waals surface area contributed by atoms with Crippen molar-refractivity contribution >= 4 is 11.6 Å². The van der Waals surface area contributed by atoms with Gasteiger partial charge in [-0.1, -0.05) is 12.1 Å². The average molecular weight is 415 g/mol. The summed E-state index contributed by atoms with van der Waals surface area (Å²) in [5, 5.41) is 2.59. The molecular formula is C22H22FNO6. The van der Waals surface area contributed by atoms with Gasteiger partial charge in [0.25, 0.3) is 5.91 Å². The normalized spacial score (nSPS) is 10.5. The van der Waals surface area contributed by atoms with Gasteiger partial charge in [0.15, 0.2) is 28.8 Å². The predicted molar refractivity (Wildman–Crippen MR) is 108 cm³/mol. The molecule has 3 rings (SSSR count). The van der Waals surface area contributed by atoms with Gasteiger partial charge in [-0.15, -0.1) is 0 Å².